The number of nitrogens with zero attached hydrogens (tertiary/aromatic N) is 3. The van der Waals surface area contributed by atoms with Gasteiger partial charge in [0.05, 0.1) is 0 Å². The maximum Gasteiger partial charge on any atom is 0.256 e. The van der Waals surface area contributed by atoms with Gasteiger partial charge in [-0.15, -0.1) is 0 Å². The first kappa shape index (κ1) is 20.2. The Balaban J connectivity index is 1.59. The molecule has 1 aromatic carbocycles. The van der Waals surface area contributed by atoms with E-state index in [0.717, 1.165) is 35.0 Å². The maximum atomic E-state index is 13.8. The molecule has 1 unspecified atom stereocenters. The molecule has 162 valence electrons. The first-order chi connectivity index (χ1) is 15.2. The molecule has 0 bridgehead atoms. The van der Waals surface area contributed by atoms with Crippen LogP contribution < -0.4 is 10.9 Å². The van der Waals surface area contributed by atoms with Crippen LogP contribution in [0.3, 0.4) is 0 Å². The number of nitrogens with one attached hydrogen (secondary N) is 1. The minimum atomic E-state index is 0.0331. The molecule has 2 aromatic heterocycles. The molecule has 0 radical (unpaired) electrons. The summed E-state index contributed by atoms with van der Waals surface area (Å²) >= 11 is 0. The van der Waals surface area contributed by atoms with Crippen molar-refractivity contribution in [2.24, 2.45) is 0 Å². The number of anilines is 1. The summed E-state index contributed by atoms with van der Waals surface area (Å²) in [7, 11) is 0. The van der Waals surface area contributed by atoms with E-state index < -0.39 is 0 Å². The lowest BCUT2D eigenvalue weighted by Crippen LogP contribution is -2.29. The molecule has 2 aliphatic carbocycles. The van der Waals surface area contributed by atoms with Crippen LogP contribution in [0.5, 0.6) is 0 Å². The van der Waals surface area contributed by atoms with Crippen LogP contribution in [-0.2, 0) is 0 Å². The van der Waals surface area contributed by atoms with Crippen LogP contribution >= 0.6 is 0 Å². The summed E-state index contributed by atoms with van der Waals surface area (Å²) in [6.07, 6.45) is 12.5. The van der Waals surface area contributed by atoms with Gasteiger partial charge < -0.3 is 5.32 Å². The zero-order chi connectivity index (χ0) is 21.2. The molecule has 0 amide bonds. The number of rotatable bonds is 5. The normalized spacial score (nSPS) is 19.0. The molecule has 0 aliphatic heterocycles. The molecule has 31 heavy (non-hydrogen) atoms. The van der Waals surface area contributed by atoms with Gasteiger partial charge >= 0.3 is 0 Å². The average Bonchev–Trinajstić information content (AvgIpc) is 3.34. The van der Waals surface area contributed by atoms with Crippen molar-refractivity contribution in [3.05, 3.63) is 64.1 Å². The van der Waals surface area contributed by atoms with Gasteiger partial charge in [0, 0.05) is 35.1 Å². The quantitative estimate of drug-likeness (QED) is 0.571. The summed E-state index contributed by atoms with van der Waals surface area (Å²) in [4.78, 5) is 23.3. The Bertz CT molecular complexity index is 1100. The predicted octanol–water partition coefficient (Wildman–Crippen LogP) is 5.80. The fourth-order valence-corrected chi connectivity index (χ4v) is 5.37. The largest absolute Gasteiger partial charge is 0.351 e. The number of benzene rings is 1. The summed E-state index contributed by atoms with van der Waals surface area (Å²) in [5.41, 5.74) is 2.89. The molecule has 1 atom stereocenters. The van der Waals surface area contributed by atoms with E-state index in [9.17, 15) is 4.79 Å². The topological polar surface area (TPSA) is 59.8 Å². The highest BCUT2D eigenvalue weighted by molar-refractivity contribution is 5.76. The molecule has 2 heterocycles. The third-order valence-electron chi connectivity index (χ3n) is 7.20. The Labute approximate surface area is 183 Å². The van der Waals surface area contributed by atoms with Crippen molar-refractivity contribution >= 4 is 17.0 Å². The third-order valence-corrected chi connectivity index (χ3v) is 7.20. The van der Waals surface area contributed by atoms with Crippen molar-refractivity contribution in [3.8, 4) is 0 Å². The van der Waals surface area contributed by atoms with Crippen molar-refractivity contribution in [1.29, 1.82) is 0 Å². The first-order valence-corrected chi connectivity index (χ1v) is 11.9. The summed E-state index contributed by atoms with van der Waals surface area (Å²) in [6.45, 7) is 2.12. The smallest absolute Gasteiger partial charge is 0.256 e. The highest BCUT2D eigenvalue weighted by atomic mass is 16.1. The highest BCUT2D eigenvalue weighted by Crippen LogP contribution is 2.32. The molecule has 5 nitrogen and oxygen atoms in total. The standard InChI is InChI=1S/C26H32N4O/c1-18(19-10-4-2-5-11-19)23-16-20-17-27-26(28-21-12-6-3-7-13-21)29-24(20)30(25(23)31)22-14-8-9-15-22/h2,4-5,10-11,16-18,21-22H,3,6-9,12-15H2,1H3,(H,27,28,29). The third kappa shape index (κ3) is 4.10. The van der Waals surface area contributed by atoms with Gasteiger partial charge in [-0.25, -0.2) is 4.98 Å². The second kappa shape index (κ2) is 8.81. The van der Waals surface area contributed by atoms with Crippen LogP contribution in [0.25, 0.3) is 11.0 Å². The second-order valence-corrected chi connectivity index (χ2v) is 9.30. The van der Waals surface area contributed by atoms with Crippen molar-refractivity contribution in [3.63, 3.8) is 0 Å². The van der Waals surface area contributed by atoms with Gasteiger partial charge in [0.15, 0.2) is 0 Å². The summed E-state index contributed by atoms with van der Waals surface area (Å²) in [5.74, 6) is 0.695. The number of pyridine rings is 1. The molecule has 1 N–H and O–H groups in total. The molecule has 2 saturated carbocycles. The van der Waals surface area contributed by atoms with Crippen LogP contribution in [-0.4, -0.2) is 20.6 Å². The molecule has 2 aliphatic rings. The van der Waals surface area contributed by atoms with Crippen molar-refractivity contribution in [2.45, 2.75) is 82.7 Å². The number of fused-ring (bicyclic) bond motifs is 1. The molecule has 0 saturated heterocycles. The Hall–Kier alpha value is -2.69. The number of hydrogen-bond acceptors (Lipinski definition) is 4. The van der Waals surface area contributed by atoms with Crippen molar-refractivity contribution < 1.29 is 0 Å². The second-order valence-electron chi connectivity index (χ2n) is 9.30. The molecule has 3 aromatic rings. The molecular weight excluding hydrogens is 384 g/mol. The summed E-state index contributed by atoms with van der Waals surface area (Å²) < 4.78 is 1.99. The molecule has 5 heteroatoms. The van der Waals surface area contributed by atoms with E-state index in [0.29, 0.717) is 12.0 Å². The zero-order valence-electron chi connectivity index (χ0n) is 18.4. The van der Waals surface area contributed by atoms with Crippen LogP contribution in [0.2, 0.25) is 0 Å². The minimum absolute atomic E-state index is 0.0331. The van der Waals surface area contributed by atoms with E-state index in [4.69, 9.17) is 4.98 Å². The lowest BCUT2D eigenvalue weighted by atomic mass is 9.93. The van der Waals surface area contributed by atoms with E-state index in [2.05, 4.69) is 29.4 Å². The van der Waals surface area contributed by atoms with Crippen LogP contribution in [0.1, 0.15) is 87.8 Å². The van der Waals surface area contributed by atoms with E-state index in [1.807, 2.05) is 35.0 Å². The van der Waals surface area contributed by atoms with E-state index >= 15 is 0 Å². The Morgan fingerprint density at radius 1 is 1.00 bits per heavy atom. The van der Waals surface area contributed by atoms with Gasteiger partial charge in [0.25, 0.3) is 5.56 Å². The Morgan fingerprint density at radius 2 is 1.71 bits per heavy atom. The molecule has 0 spiro atoms. The predicted molar refractivity (Wildman–Crippen MR) is 126 cm³/mol. The van der Waals surface area contributed by atoms with Gasteiger partial charge in [-0.2, -0.15) is 4.98 Å². The van der Waals surface area contributed by atoms with Gasteiger partial charge in [0.1, 0.15) is 5.65 Å². The first-order valence-electron chi connectivity index (χ1n) is 11.9. The Morgan fingerprint density at radius 3 is 2.45 bits per heavy atom. The number of hydrogen-bond donors (Lipinski definition) is 1. The van der Waals surface area contributed by atoms with Crippen molar-refractivity contribution in [1.82, 2.24) is 14.5 Å². The highest BCUT2D eigenvalue weighted by Gasteiger charge is 2.25. The summed E-state index contributed by atoms with van der Waals surface area (Å²) in [6, 6.07) is 13.0. The molecule has 2 fully saturated rings. The lowest BCUT2D eigenvalue weighted by Gasteiger charge is -2.24. The van der Waals surface area contributed by atoms with Crippen LogP contribution in [0.15, 0.2) is 47.4 Å². The van der Waals surface area contributed by atoms with E-state index in [-0.39, 0.29) is 17.5 Å². The zero-order valence-corrected chi connectivity index (χ0v) is 18.4. The minimum Gasteiger partial charge on any atom is -0.351 e. The summed E-state index contributed by atoms with van der Waals surface area (Å²) in [5, 5.41) is 4.49. The van der Waals surface area contributed by atoms with Crippen LogP contribution in [0, 0.1) is 0 Å². The fraction of sp³-hybridized carbons (Fsp3) is 0.500. The molecular formula is C26H32N4O. The Kier molecular flexibility index (Phi) is 5.75. The van der Waals surface area contributed by atoms with Gasteiger partial charge in [-0.1, -0.05) is 69.4 Å². The van der Waals surface area contributed by atoms with Crippen LogP contribution in [0.4, 0.5) is 5.95 Å². The maximum absolute atomic E-state index is 13.8. The van der Waals surface area contributed by atoms with E-state index in [1.165, 1.54) is 44.9 Å². The van der Waals surface area contributed by atoms with Crippen molar-refractivity contribution in [2.75, 3.05) is 5.32 Å². The number of aromatic nitrogens is 3. The van der Waals surface area contributed by atoms with Gasteiger partial charge in [0.2, 0.25) is 5.95 Å². The fourth-order valence-electron chi connectivity index (χ4n) is 5.37. The van der Waals surface area contributed by atoms with Gasteiger partial charge in [-0.05, 0) is 37.3 Å². The monoisotopic (exact) mass is 416 g/mol. The SMILES string of the molecule is CC(c1ccccc1)c1cc2cnc(NC3CCCCC3)nc2n(C2CCCC2)c1=O. The molecule has 5 rings (SSSR count). The lowest BCUT2D eigenvalue weighted by molar-refractivity contribution is 0.460. The average molecular weight is 417 g/mol. The van der Waals surface area contributed by atoms with Gasteiger partial charge in [-0.3, -0.25) is 9.36 Å². The van der Waals surface area contributed by atoms with E-state index in [1.54, 1.807) is 0 Å².